The molecule has 70 heavy (non-hydrogen) atoms. The van der Waals surface area contributed by atoms with Gasteiger partial charge >= 0.3 is 0 Å². The average Bonchev–Trinajstić information content (AvgIpc) is 4.08. The zero-order valence-electron chi connectivity index (χ0n) is 38.2. The molecule has 0 bridgehead atoms. The molecule has 0 saturated carbocycles. The van der Waals surface area contributed by atoms with Crippen LogP contribution in [0.4, 0.5) is 17.1 Å². The van der Waals surface area contributed by atoms with Gasteiger partial charge in [-0.2, -0.15) is 0 Å². The predicted octanol–water partition coefficient (Wildman–Crippen LogP) is 18.0. The number of furan rings is 1. The first-order valence-electron chi connectivity index (χ1n) is 24.4. The van der Waals surface area contributed by atoms with E-state index in [0.717, 1.165) is 62.1 Å². The van der Waals surface area contributed by atoms with Crippen molar-refractivity contribution in [1.82, 2.24) is 0 Å². The molecule has 0 N–H and O–H groups in total. The molecule has 0 saturated heterocycles. The van der Waals surface area contributed by atoms with Gasteiger partial charge in [-0.05, 0) is 132 Å². The minimum atomic E-state index is -0.603. The first-order valence-corrected chi connectivity index (χ1v) is 24.4. The van der Waals surface area contributed by atoms with Crippen molar-refractivity contribution in [1.29, 1.82) is 0 Å². The molecule has 1 unspecified atom stereocenters. The average molecular weight is 890 g/mol. The summed E-state index contributed by atoms with van der Waals surface area (Å²) in [5.74, 6) is 0. The van der Waals surface area contributed by atoms with Gasteiger partial charge in [-0.15, -0.1) is 0 Å². The van der Waals surface area contributed by atoms with Gasteiger partial charge in [0.25, 0.3) is 0 Å². The molecule has 12 aromatic rings. The van der Waals surface area contributed by atoms with Crippen LogP contribution >= 0.6 is 0 Å². The molecule has 15 rings (SSSR count). The van der Waals surface area contributed by atoms with Crippen LogP contribution in [0.1, 0.15) is 33.4 Å². The Morgan fingerprint density at radius 2 is 0.900 bits per heavy atom. The lowest BCUT2D eigenvalue weighted by Crippen LogP contribution is -2.29. The topological polar surface area (TPSA) is 16.4 Å². The van der Waals surface area contributed by atoms with E-state index in [2.05, 4.69) is 248 Å². The third-order valence-corrected chi connectivity index (χ3v) is 15.5. The van der Waals surface area contributed by atoms with E-state index < -0.39 is 5.41 Å². The highest BCUT2D eigenvalue weighted by Gasteiger charge is 2.51. The summed E-state index contributed by atoms with van der Waals surface area (Å²) >= 11 is 0. The van der Waals surface area contributed by atoms with Crippen molar-refractivity contribution in [2.45, 2.75) is 11.8 Å². The van der Waals surface area contributed by atoms with E-state index in [-0.39, 0.29) is 0 Å². The summed E-state index contributed by atoms with van der Waals surface area (Å²) in [6.07, 6.45) is 0.951. The monoisotopic (exact) mass is 889 g/mol. The van der Waals surface area contributed by atoms with Crippen LogP contribution in [0, 0.1) is 0 Å². The summed E-state index contributed by atoms with van der Waals surface area (Å²) in [6.45, 7) is 0. The van der Waals surface area contributed by atoms with Crippen molar-refractivity contribution in [3.05, 3.63) is 282 Å². The van der Waals surface area contributed by atoms with E-state index in [1.54, 1.807) is 0 Å². The van der Waals surface area contributed by atoms with E-state index >= 15 is 0 Å². The first-order chi connectivity index (χ1) is 34.7. The molecule has 1 spiro atoms. The molecule has 3 aliphatic rings. The van der Waals surface area contributed by atoms with Crippen LogP contribution in [0.2, 0.25) is 0 Å². The summed E-state index contributed by atoms with van der Waals surface area (Å²) in [6, 6.07) is 92.3. The predicted molar refractivity (Wildman–Crippen MR) is 289 cm³/mol. The molecule has 11 aromatic carbocycles. The minimum Gasteiger partial charge on any atom is -0.455 e. The third kappa shape index (κ3) is 5.44. The Balaban J connectivity index is 0.991. The Bertz CT molecular complexity index is 4100. The fraction of sp³-hybridized carbons (Fsp3) is 0.0294. The Labute approximate surface area is 407 Å². The van der Waals surface area contributed by atoms with Crippen molar-refractivity contribution < 1.29 is 4.42 Å². The van der Waals surface area contributed by atoms with Gasteiger partial charge in [0.1, 0.15) is 11.2 Å². The summed E-state index contributed by atoms with van der Waals surface area (Å²) in [5, 5.41) is 2.26. The van der Waals surface area contributed by atoms with Crippen LogP contribution in [0.25, 0.3) is 88.7 Å². The van der Waals surface area contributed by atoms with E-state index in [9.17, 15) is 0 Å². The Morgan fingerprint density at radius 1 is 0.329 bits per heavy atom. The number of anilines is 3. The van der Waals surface area contributed by atoms with Crippen molar-refractivity contribution in [3.8, 4) is 66.8 Å². The van der Waals surface area contributed by atoms with Crippen LogP contribution < -0.4 is 4.90 Å². The molecule has 0 amide bonds. The van der Waals surface area contributed by atoms with Crippen LogP contribution in [0.5, 0.6) is 0 Å². The molecule has 3 aliphatic carbocycles. The van der Waals surface area contributed by atoms with Gasteiger partial charge < -0.3 is 9.32 Å². The maximum Gasteiger partial charge on any atom is 0.143 e. The van der Waals surface area contributed by atoms with E-state index in [1.165, 1.54) is 83.5 Å². The second kappa shape index (κ2) is 15.0. The van der Waals surface area contributed by atoms with Gasteiger partial charge in [-0.25, -0.2) is 0 Å². The van der Waals surface area contributed by atoms with Crippen molar-refractivity contribution >= 4 is 39.0 Å². The minimum absolute atomic E-state index is 0.603. The molecule has 1 heterocycles. The van der Waals surface area contributed by atoms with E-state index in [4.69, 9.17) is 4.42 Å². The van der Waals surface area contributed by atoms with Gasteiger partial charge in [-0.1, -0.05) is 212 Å². The SMILES string of the molecule is c1ccc(-c2ccccc2N(c2ccc(-c3cccc4c3oc3ccccc34)cc2)c2ccc3c(c2)-c2ccccc2-c2ccccc2C32c3ccccc3-c3c2ccc2c3-c3ccccc3C2)cc1. The van der Waals surface area contributed by atoms with Gasteiger partial charge in [0.2, 0.25) is 0 Å². The van der Waals surface area contributed by atoms with Crippen LogP contribution in [0.3, 0.4) is 0 Å². The number of benzene rings is 11. The largest absolute Gasteiger partial charge is 0.455 e. The van der Waals surface area contributed by atoms with Crippen molar-refractivity contribution in [2.24, 2.45) is 0 Å². The fourth-order valence-electron chi connectivity index (χ4n) is 12.7. The Morgan fingerprint density at radius 3 is 1.73 bits per heavy atom. The Kier molecular flexibility index (Phi) is 8.38. The van der Waals surface area contributed by atoms with E-state index in [0.29, 0.717) is 0 Å². The van der Waals surface area contributed by atoms with Crippen molar-refractivity contribution in [2.75, 3.05) is 4.90 Å². The molecule has 0 aliphatic heterocycles. The second-order valence-electron chi connectivity index (χ2n) is 19.0. The molecule has 0 radical (unpaired) electrons. The number of nitrogens with zero attached hydrogens (tertiary/aromatic N) is 1. The highest BCUT2D eigenvalue weighted by molar-refractivity contribution is 6.10. The quantitative estimate of drug-likeness (QED) is 0.171. The zero-order valence-corrected chi connectivity index (χ0v) is 38.2. The lowest BCUT2D eigenvalue weighted by molar-refractivity contribution is 0.670. The van der Waals surface area contributed by atoms with Crippen LogP contribution in [-0.2, 0) is 11.8 Å². The molecule has 1 aromatic heterocycles. The highest BCUT2D eigenvalue weighted by Crippen LogP contribution is 2.64. The summed E-state index contributed by atoms with van der Waals surface area (Å²) < 4.78 is 6.54. The van der Waals surface area contributed by atoms with Gasteiger partial charge in [0.05, 0.1) is 11.1 Å². The summed E-state index contributed by atoms with van der Waals surface area (Å²) in [7, 11) is 0. The molecule has 1 atom stereocenters. The number of hydrogen-bond acceptors (Lipinski definition) is 2. The second-order valence-corrected chi connectivity index (χ2v) is 19.0. The smallest absolute Gasteiger partial charge is 0.143 e. The standard InChI is InChI=1S/C68H43NO/c1-2-17-43(18-3-1)49-20-10-14-31-63(49)69(47-36-33-44(34-37-47)51-27-16-28-56-55-25-11-15-32-64(55)70-67(51)56)48-38-40-61-58(42-48)53-23-7-6-22-52(53)54-24-8-12-29-59(54)68(61)60-30-13-9-26-57(60)66-62(68)39-35-46-41-45-19-4-5-21-50(45)65(46)66/h1-40,42H,41H2. The zero-order chi connectivity index (χ0) is 45.9. The van der Waals surface area contributed by atoms with Gasteiger partial charge in [0.15, 0.2) is 0 Å². The van der Waals surface area contributed by atoms with Gasteiger partial charge in [-0.3, -0.25) is 0 Å². The number of rotatable bonds is 5. The Hall–Kier alpha value is -8.98. The fourth-order valence-corrected chi connectivity index (χ4v) is 12.7. The van der Waals surface area contributed by atoms with E-state index in [1.807, 2.05) is 6.07 Å². The van der Waals surface area contributed by atoms with Crippen molar-refractivity contribution in [3.63, 3.8) is 0 Å². The molecule has 2 nitrogen and oxygen atoms in total. The molecule has 326 valence electrons. The summed E-state index contributed by atoms with van der Waals surface area (Å²) in [4.78, 5) is 2.46. The maximum absolute atomic E-state index is 6.54. The number of para-hydroxylation sites is 3. The molecule has 2 heteroatoms. The molecular weight excluding hydrogens is 847 g/mol. The number of fused-ring (bicyclic) bond motifs is 19. The third-order valence-electron chi connectivity index (χ3n) is 15.5. The first kappa shape index (κ1) is 39.1. The lowest BCUT2D eigenvalue weighted by Gasteiger charge is -2.36. The number of hydrogen-bond donors (Lipinski definition) is 0. The summed E-state index contributed by atoms with van der Waals surface area (Å²) in [5.41, 5.74) is 27.4. The molecule has 0 fully saturated rings. The van der Waals surface area contributed by atoms with Crippen LogP contribution in [0.15, 0.2) is 253 Å². The normalized spacial score (nSPS) is 14.6. The van der Waals surface area contributed by atoms with Gasteiger partial charge in [0, 0.05) is 33.3 Å². The molecular formula is C68H43NO. The highest BCUT2D eigenvalue weighted by atomic mass is 16.3. The lowest BCUT2D eigenvalue weighted by atomic mass is 9.65. The van der Waals surface area contributed by atoms with Crippen LogP contribution in [-0.4, -0.2) is 0 Å². The maximum atomic E-state index is 6.54.